The average molecular weight is 765 g/mol. The Labute approximate surface area is 336 Å². The Hall–Kier alpha value is -9.23. The van der Waals surface area contributed by atoms with Crippen LogP contribution in [0.25, 0.3) is 64.2 Å². The first kappa shape index (κ1) is 38.1. The van der Waals surface area contributed by atoms with Crippen molar-refractivity contribution in [2.75, 3.05) is 0 Å². The molecule has 5 aromatic rings. The SMILES string of the molecule is [C-]#[N+]C1=C(c2ccc(C)cc2)/C(=C(/C#N)c2cc([N+]#[C-])cc([N+]#[C-])c2)c2cc3c(cc21)/C(=C(\[N+]#[C-])c1cc(C#N)cc(C#N)c1)C(c1ccc(C(F)(F)F)cc1)=C3C#N. The van der Waals surface area contributed by atoms with E-state index in [-0.39, 0.29) is 89.6 Å². The first-order chi connectivity index (χ1) is 28.4. The maximum absolute atomic E-state index is 13.7. The molecule has 7 rings (SSSR count). The van der Waals surface area contributed by atoms with Gasteiger partial charge in [-0.05, 0) is 110 Å². The van der Waals surface area contributed by atoms with E-state index in [0.717, 1.165) is 17.7 Å². The van der Waals surface area contributed by atoms with Gasteiger partial charge in [0.2, 0.25) is 11.4 Å². The number of halogens is 3. The number of nitriles is 4. The highest BCUT2D eigenvalue weighted by Gasteiger charge is 2.38. The van der Waals surface area contributed by atoms with Crippen molar-refractivity contribution >= 4 is 56.2 Å². The van der Waals surface area contributed by atoms with Gasteiger partial charge in [0.05, 0.1) is 66.3 Å². The zero-order chi connectivity index (χ0) is 42.2. The van der Waals surface area contributed by atoms with Crippen molar-refractivity contribution in [1.29, 1.82) is 21.0 Å². The second kappa shape index (κ2) is 14.8. The molecule has 0 bridgehead atoms. The van der Waals surface area contributed by atoms with Gasteiger partial charge in [0.25, 0.3) is 0 Å². The number of aryl methyl sites for hydroxylation is 1. The summed E-state index contributed by atoms with van der Waals surface area (Å²) in [6.07, 6.45) is -4.67. The van der Waals surface area contributed by atoms with Crippen molar-refractivity contribution in [1.82, 2.24) is 0 Å². The molecule has 0 atom stereocenters. The van der Waals surface area contributed by atoms with Crippen LogP contribution >= 0.6 is 0 Å². The quantitative estimate of drug-likeness (QED) is 0.134. The van der Waals surface area contributed by atoms with Gasteiger partial charge in [0, 0.05) is 0 Å². The summed E-state index contributed by atoms with van der Waals surface area (Å²) in [5.41, 5.74) is 3.55. The molecule has 0 fully saturated rings. The Bertz CT molecular complexity index is 3150. The monoisotopic (exact) mass is 764 g/mol. The average Bonchev–Trinajstić information content (AvgIpc) is 3.74. The lowest BCUT2D eigenvalue weighted by atomic mass is 9.87. The summed E-state index contributed by atoms with van der Waals surface area (Å²) in [6, 6.07) is 31.5. The lowest BCUT2D eigenvalue weighted by Crippen LogP contribution is -2.04. The summed E-state index contributed by atoms with van der Waals surface area (Å²) >= 11 is 0. The molecule has 59 heavy (non-hydrogen) atoms. The fourth-order valence-electron chi connectivity index (χ4n) is 7.34. The third kappa shape index (κ3) is 6.43. The van der Waals surface area contributed by atoms with Gasteiger partial charge in [-0.1, -0.05) is 66.2 Å². The first-order valence-electron chi connectivity index (χ1n) is 17.3. The highest BCUT2D eigenvalue weighted by atomic mass is 19.4. The molecule has 0 N–H and O–H groups in total. The molecule has 0 saturated carbocycles. The minimum absolute atomic E-state index is 0.0213. The van der Waals surface area contributed by atoms with Crippen molar-refractivity contribution in [3.63, 3.8) is 0 Å². The van der Waals surface area contributed by atoms with Crippen LogP contribution in [0.1, 0.15) is 66.8 Å². The van der Waals surface area contributed by atoms with Crippen molar-refractivity contribution in [3.8, 4) is 24.3 Å². The Morgan fingerprint density at radius 1 is 0.576 bits per heavy atom. The van der Waals surface area contributed by atoms with Crippen LogP contribution in [0.2, 0.25) is 0 Å². The summed E-state index contributed by atoms with van der Waals surface area (Å²) in [6.45, 7) is 34.1. The fraction of sp³-hybridized carbons (Fsp3) is 0.0417. The molecule has 0 aromatic heterocycles. The normalized spacial score (nSPS) is 14.2. The van der Waals surface area contributed by atoms with Gasteiger partial charge in [-0.3, -0.25) is 0 Å². The molecule has 11 heteroatoms. The Kier molecular flexibility index (Phi) is 9.54. The van der Waals surface area contributed by atoms with Crippen molar-refractivity contribution in [3.05, 3.63) is 209 Å². The minimum Gasteiger partial charge on any atom is -0.239 e. The Balaban J connectivity index is 1.65. The molecule has 0 spiro atoms. The number of rotatable bonds is 4. The number of nitrogens with zero attached hydrogens (tertiary/aromatic N) is 8. The van der Waals surface area contributed by atoms with E-state index in [1.165, 1.54) is 48.5 Å². The maximum Gasteiger partial charge on any atom is 0.416 e. The summed E-state index contributed by atoms with van der Waals surface area (Å²) in [5, 5.41) is 41.4. The predicted molar refractivity (Wildman–Crippen MR) is 216 cm³/mol. The van der Waals surface area contributed by atoms with Crippen LogP contribution in [-0.4, -0.2) is 0 Å². The predicted octanol–water partition coefficient (Wildman–Crippen LogP) is 12.3. The number of hydrogen-bond acceptors (Lipinski definition) is 4. The van der Waals surface area contributed by atoms with Crippen LogP contribution < -0.4 is 0 Å². The summed E-state index contributed by atoms with van der Waals surface area (Å²) in [4.78, 5) is 14.8. The molecule has 0 amide bonds. The van der Waals surface area contributed by atoms with Crippen LogP contribution in [0.15, 0.2) is 97.1 Å². The molecule has 2 aliphatic rings. The zero-order valence-electron chi connectivity index (χ0n) is 30.4. The summed E-state index contributed by atoms with van der Waals surface area (Å²) in [5.74, 6) is 0. The second-order valence-corrected chi connectivity index (χ2v) is 13.3. The van der Waals surface area contributed by atoms with Gasteiger partial charge in [0.15, 0.2) is 11.4 Å². The standard InChI is InChI=1S/C48H19F3N8/c1-26-6-8-30(9-7-26)43-44(40(24-54)31-17-34(56-2)19-35(18-31)57-3)38-20-36-37(21-39(38)47(43)59-5)45(46(58-4)32-15-27(22-52)14-28(16-32)23-53)42(41(36)25-55)29-10-12-33(13-11-29)48(49,50)51/h6-21H,1H3/b44-40-,46-45+. The maximum atomic E-state index is 13.7. The molecule has 8 nitrogen and oxygen atoms in total. The summed E-state index contributed by atoms with van der Waals surface area (Å²) < 4.78 is 41.2. The lowest BCUT2D eigenvalue weighted by Gasteiger charge is -2.15. The highest BCUT2D eigenvalue weighted by molar-refractivity contribution is 6.33. The van der Waals surface area contributed by atoms with E-state index in [9.17, 15) is 34.2 Å². The van der Waals surface area contributed by atoms with Crippen molar-refractivity contribution in [2.24, 2.45) is 0 Å². The van der Waals surface area contributed by atoms with Gasteiger partial charge in [-0.15, -0.1) is 0 Å². The molecule has 2 aliphatic carbocycles. The van der Waals surface area contributed by atoms with Gasteiger partial charge in [0.1, 0.15) is 12.1 Å². The molecule has 0 saturated heterocycles. The smallest absolute Gasteiger partial charge is 0.239 e. The van der Waals surface area contributed by atoms with E-state index in [1.54, 1.807) is 24.3 Å². The van der Waals surface area contributed by atoms with E-state index in [1.807, 2.05) is 31.2 Å². The van der Waals surface area contributed by atoms with Gasteiger partial charge in [-0.2, -0.15) is 34.2 Å². The number of hydrogen-bond donors (Lipinski definition) is 0. The van der Waals surface area contributed by atoms with Crippen molar-refractivity contribution in [2.45, 2.75) is 13.1 Å². The molecule has 0 heterocycles. The third-order valence-corrected chi connectivity index (χ3v) is 9.90. The molecular weight excluding hydrogens is 746 g/mol. The molecule has 0 radical (unpaired) electrons. The molecule has 5 aromatic carbocycles. The lowest BCUT2D eigenvalue weighted by molar-refractivity contribution is -0.137. The minimum atomic E-state index is -4.67. The summed E-state index contributed by atoms with van der Waals surface area (Å²) in [7, 11) is 0. The zero-order valence-corrected chi connectivity index (χ0v) is 30.4. The van der Waals surface area contributed by atoms with Gasteiger partial charge in [-0.25, -0.2) is 19.4 Å². The third-order valence-electron chi connectivity index (χ3n) is 9.90. The van der Waals surface area contributed by atoms with E-state index >= 15 is 0 Å². The second-order valence-electron chi connectivity index (χ2n) is 13.3. The van der Waals surface area contributed by atoms with Crippen LogP contribution in [-0.2, 0) is 6.18 Å². The number of alkyl halides is 3. The van der Waals surface area contributed by atoms with Gasteiger partial charge < -0.3 is 0 Å². The van der Waals surface area contributed by atoms with E-state index in [0.29, 0.717) is 22.3 Å². The molecule has 0 unspecified atom stereocenters. The molecule has 0 aliphatic heterocycles. The van der Waals surface area contributed by atoms with Crippen LogP contribution in [0.5, 0.6) is 0 Å². The van der Waals surface area contributed by atoms with E-state index < -0.39 is 11.7 Å². The fourth-order valence-corrected chi connectivity index (χ4v) is 7.34. The van der Waals surface area contributed by atoms with E-state index in [2.05, 4.69) is 31.5 Å². The molecular formula is C48H19F3N8. The van der Waals surface area contributed by atoms with Crippen LogP contribution in [0.4, 0.5) is 24.5 Å². The Morgan fingerprint density at radius 2 is 1.14 bits per heavy atom. The van der Waals surface area contributed by atoms with Gasteiger partial charge >= 0.3 is 6.18 Å². The van der Waals surface area contributed by atoms with E-state index in [4.69, 9.17) is 26.3 Å². The number of allylic oxidation sites excluding steroid dienone is 6. The number of fused-ring (bicyclic) bond motifs is 2. The van der Waals surface area contributed by atoms with Crippen molar-refractivity contribution < 1.29 is 13.2 Å². The van der Waals surface area contributed by atoms with Crippen LogP contribution in [0.3, 0.4) is 0 Å². The highest BCUT2D eigenvalue weighted by Crippen LogP contribution is 2.56. The Morgan fingerprint density at radius 3 is 1.64 bits per heavy atom. The van der Waals surface area contributed by atoms with Crippen LogP contribution in [0, 0.1) is 78.5 Å². The largest absolute Gasteiger partial charge is 0.416 e. The topological polar surface area (TPSA) is 113 Å². The molecule has 272 valence electrons. The first-order valence-corrected chi connectivity index (χ1v) is 17.3. The number of benzene rings is 5.